The molecule has 0 aliphatic rings. The van der Waals surface area contributed by atoms with Gasteiger partial charge >= 0.3 is 6.09 Å². The molecule has 2 aromatic heterocycles. The first-order chi connectivity index (χ1) is 30.7. The second kappa shape index (κ2) is 19.1. The highest BCUT2D eigenvalue weighted by Gasteiger charge is 2.39. The van der Waals surface area contributed by atoms with Gasteiger partial charge in [-0.2, -0.15) is 9.10 Å². The fourth-order valence-corrected chi connectivity index (χ4v) is 10.6. The Morgan fingerprint density at radius 3 is 1.94 bits per heavy atom. The molecule has 0 saturated carbocycles. The number of tetrazole rings is 1. The van der Waals surface area contributed by atoms with Crippen LogP contribution in [0.3, 0.4) is 0 Å². The van der Waals surface area contributed by atoms with E-state index in [0.29, 0.717) is 45.0 Å². The zero-order chi connectivity index (χ0) is 45.6. The standard InChI is InChI=1S/C42H44N10O10S2/c1-60-30-13-7-26(8-14-30)22-51(23-27-9-15-31(61-2)16-10-27)64(58,59)39-36(63(56,57)49-29(25-53)21-44-42(54)55)20-19-33(34-5-4-6-35-38(34)46-41(43)45-35)37(39)40-47-50-52(48-40)24-28-11-17-32(62-3)18-12-28/h4-20,29,44,49,53H,21-25H2,1-3H3,(H,54,55)(H3,43,45,46)/t29-/m0/s1. The molecule has 7 rings (SSSR count). The summed E-state index contributed by atoms with van der Waals surface area (Å²) >= 11 is 0. The van der Waals surface area contributed by atoms with Crippen molar-refractivity contribution >= 4 is 43.1 Å². The Bertz CT molecular complexity index is 2930. The molecule has 0 fully saturated rings. The lowest BCUT2D eigenvalue weighted by Crippen LogP contribution is -2.46. The molecule has 0 saturated heterocycles. The molecule has 1 atom stereocenters. The molecule has 7 aromatic rings. The van der Waals surface area contributed by atoms with Crippen molar-refractivity contribution in [2.45, 2.75) is 35.5 Å². The third-order valence-corrected chi connectivity index (χ3v) is 13.6. The Morgan fingerprint density at radius 2 is 1.39 bits per heavy atom. The van der Waals surface area contributed by atoms with E-state index in [1.807, 2.05) is 5.32 Å². The first kappa shape index (κ1) is 44.9. The summed E-state index contributed by atoms with van der Waals surface area (Å²) in [5, 5.41) is 34.8. The van der Waals surface area contributed by atoms with E-state index in [9.17, 15) is 23.4 Å². The van der Waals surface area contributed by atoms with Crippen molar-refractivity contribution < 1.29 is 46.1 Å². The zero-order valence-electron chi connectivity index (χ0n) is 34.7. The van der Waals surface area contributed by atoms with Crippen LogP contribution in [0.5, 0.6) is 17.2 Å². The number of aromatic nitrogens is 6. The van der Waals surface area contributed by atoms with Gasteiger partial charge in [-0.1, -0.05) is 54.6 Å². The Hall–Kier alpha value is -7.11. The Labute approximate surface area is 367 Å². The minimum atomic E-state index is -5.03. The number of ether oxygens (including phenoxy) is 3. The number of nitrogen functional groups attached to an aromatic ring is 1. The number of nitrogens with two attached hydrogens (primary N) is 1. The van der Waals surface area contributed by atoms with E-state index in [1.165, 1.54) is 32.2 Å². The van der Waals surface area contributed by atoms with E-state index in [-0.39, 0.29) is 42.5 Å². The van der Waals surface area contributed by atoms with Crippen LogP contribution in [0.1, 0.15) is 16.7 Å². The number of H-pyrrole nitrogens is 1. The number of imidazole rings is 1. The van der Waals surface area contributed by atoms with Gasteiger partial charge in [-0.25, -0.2) is 31.3 Å². The quantitative estimate of drug-likeness (QED) is 0.0673. The minimum Gasteiger partial charge on any atom is -0.497 e. The number of benzene rings is 5. The van der Waals surface area contributed by atoms with Crippen LogP contribution in [0.2, 0.25) is 0 Å². The summed E-state index contributed by atoms with van der Waals surface area (Å²) in [5.41, 5.74) is 8.97. The van der Waals surface area contributed by atoms with Crippen molar-refractivity contribution in [2.24, 2.45) is 0 Å². The number of sulfonamides is 2. The summed E-state index contributed by atoms with van der Waals surface area (Å²) in [6.07, 6.45) is -1.47. The molecule has 0 aliphatic carbocycles. The van der Waals surface area contributed by atoms with Crippen molar-refractivity contribution in [3.05, 3.63) is 120 Å². The smallest absolute Gasteiger partial charge is 0.404 e. The van der Waals surface area contributed by atoms with Gasteiger partial charge in [-0.05, 0) is 76.0 Å². The molecule has 0 aliphatic heterocycles. The number of methoxy groups -OCH3 is 3. The number of hydrogen-bond donors (Lipinski definition) is 6. The Kier molecular flexibility index (Phi) is 13.4. The molecule has 20 nitrogen and oxygen atoms in total. The zero-order valence-corrected chi connectivity index (χ0v) is 36.3. The second-order valence-electron chi connectivity index (χ2n) is 14.3. The van der Waals surface area contributed by atoms with Crippen LogP contribution in [0, 0.1) is 0 Å². The molecule has 0 bridgehead atoms. The predicted molar refractivity (Wildman–Crippen MR) is 234 cm³/mol. The van der Waals surface area contributed by atoms with Gasteiger partial charge in [0.25, 0.3) is 0 Å². The van der Waals surface area contributed by atoms with Crippen LogP contribution in [0.25, 0.3) is 33.5 Å². The number of fused-ring (bicyclic) bond motifs is 1. The topological polar surface area (TPSA) is 279 Å². The highest BCUT2D eigenvalue weighted by molar-refractivity contribution is 7.92. The van der Waals surface area contributed by atoms with Crippen LogP contribution in [-0.2, 0) is 39.7 Å². The van der Waals surface area contributed by atoms with E-state index in [2.05, 4.69) is 30.1 Å². The number of aliphatic hydroxyl groups is 1. The number of carbonyl (C=O) groups is 1. The fraction of sp³-hybridized carbons (Fsp3) is 0.214. The fourth-order valence-electron chi connectivity index (χ4n) is 6.91. The maximum atomic E-state index is 15.9. The van der Waals surface area contributed by atoms with Crippen LogP contribution in [0.15, 0.2) is 113 Å². The second-order valence-corrected chi connectivity index (χ2v) is 17.8. The number of para-hydroxylation sites is 1. The number of rotatable bonds is 19. The lowest BCUT2D eigenvalue weighted by atomic mass is 9.98. The summed E-state index contributed by atoms with van der Waals surface area (Å²) in [7, 11) is -5.46. The van der Waals surface area contributed by atoms with Crippen LogP contribution in [0.4, 0.5) is 10.7 Å². The molecule has 0 radical (unpaired) electrons. The monoisotopic (exact) mass is 912 g/mol. The summed E-state index contributed by atoms with van der Waals surface area (Å²) in [6.45, 7) is -1.85. The highest BCUT2D eigenvalue weighted by atomic mass is 32.2. The summed E-state index contributed by atoms with van der Waals surface area (Å²) in [4.78, 5) is 18.6. The van der Waals surface area contributed by atoms with Gasteiger partial charge in [0.1, 0.15) is 27.0 Å². The lowest BCUT2D eigenvalue weighted by Gasteiger charge is -2.27. The molecule has 0 spiro atoms. The van der Waals surface area contributed by atoms with Crippen LogP contribution in [-0.4, -0.2) is 108 Å². The predicted octanol–water partition coefficient (Wildman–Crippen LogP) is 3.84. The maximum absolute atomic E-state index is 15.9. The third-order valence-electron chi connectivity index (χ3n) is 10.1. The Morgan fingerprint density at radius 1 is 0.812 bits per heavy atom. The first-order valence-electron chi connectivity index (χ1n) is 19.4. The number of aromatic amines is 1. The molecule has 0 unspecified atom stereocenters. The Balaban J connectivity index is 1.51. The van der Waals surface area contributed by atoms with Crippen molar-refractivity contribution in [2.75, 3.05) is 40.2 Å². The average molecular weight is 913 g/mol. The summed E-state index contributed by atoms with van der Waals surface area (Å²) in [5.74, 6) is 1.47. The number of hydrogen-bond acceptors (Lipinski definition) is 14. The van der Waals surface area contributed by atoms with Crippen molar-refractivity contribution in [1.29, 1.82) is 0 Å². The molecule has 7 N–H and O–H groups in total. The number of nitrogens with zero attached hydrogens (tertiary/aromatic N) is 6. The maximum Gasteiger partial charge on any atom is 0.404 e. The highest BCUT2D eigenvalue weighted by Crippen LogP contribution is 2.43. The molecule has 2 heterocycles. The molecular weight excluding hydrogens is 869 g/mol. The number of nitrogens with one attached hydrogen (secondary N) is 3. The van der Waals surface area contributed by atoms with Gasteiger partial charge in [0.15, 0.2) is 5.95 Å². The molecule has 22 heteroatoms. The van der Waals surface area contributed by atoms with E-state index < -0.39 is 55.1 Å². The molecule has 5 aromatic carbocycles. The van der Waals surface area contributed by atoms with Gasteiger partial charge in [-0.3, -0.25) is 0 Å². The average Bonchev–Trinajstić information content (AvgIpc) is 3.93. The number of aliphatic hydroxyl groups excluding tert-OH is 1. The largest absolute Gasteiger partial charge is 0.497 e. The number of carboxylic acid groups (broad SMARTS) is 1. The molecule has 64 heavy (non-hydrogen) atoms. The number of anilines is 1. The van der Waals surface area contributed by atoms with Crippen LogP contribution < -0.4 is 30.0 Å². The van der Waals surface area contributed by atoms with Gasteiger partial charge in [0.05, 0.1) is 57.1 Å². The molecule has 334 valence electrons. The van der Waals surface area contributed by atoms with Gasteiger partial charge in [-0.15, -0.1) is 10.2 Å². The van der Waals surface area contributed by atoms with Crippen molar-refractivity contribution in [3.8, 4) is 39.8 Å². The van der Waals surface area contributed by atoms with Gasteiger partial charge in [0, 0.05) is 25.2 Å². The lowest BCUT2D eigenvalue weighted by molar-refractivity contribution is 0.190. The third kappa shape index (κ3) is 9.90. The first-order valence-corrected chi connectivity index (χ1v) is 22.3. The van der Waals surface area contributed by atoms with Gasteiger partial charge in [0.2, 0.25) is 25.9 Å². The van der Waals surface area contributed by atoms with E-state index in [1.54, 1.807) is 91.0 Å². The number of amides is 1. The normalized spacial score (nSPS) is 12.3. The van der Waals surface area contributed by atoms with E-state index in [0.717, 1.165) is 15.9 Å². The van der Waals surface area contributed by atoms with E-state index in [4.69, 9.17) is 19.9 Å². The van der Waals surface area contributed by atoms with Crippen molar-refractivity contribution in [3.63, 3.8) is 0 Å². The minimum absolute atomic E-state index is 0.0685. The SMILES string of the molecule is COc1ccc(CN(Cc2ccc(OC)cc2)S(=O)(=O)c2c(S(=O)(=O)N[C@H](CO)CNC(=O)O)ccc(-c3cccc4[nH]c(N)nc34)c2-c2nnn(Cc3ccc(OC)cc3)n2)cc1. The van der Waals surface area contributed by atoms with Crippen molar-refractivity contribution in [1.82, 2.24) is 44.5 Å². The molecule has 1 amide bonds. The summed E-state index contributed by atoms with van der Waals surface area (Å²) < 4.78 is 80.7. The van der Waals surface area contributed by atoms with Crippen LogP contribution >= 0.6 is 0 Å². The molecular formula is C42H44N10O10S2. The van der Waals surface area contributed by atoms with Gasteiger partial charge < -0.3 is 40.5 Å². The van der Waals surface area contributed by atoms with E-state index >= 15 is 8.42 Å². The summed E-state index contributed by atoms with van der Waals surface area (Å²) in [6, 6.07) is 26.6.